The molecule has 1 aliphatic heterocycles. The molecule has 0 spiro atoms. The molecule has 19 heavy (non-hydrogen) atoms. The molecule has 3 heterocycles. The summed E-state index contributed by atoms with van der Waals surface area (Å²) in [7, 11) is 0. The molecule has 1 N–H and O–H groups in total. The largest absolute Gasteiger partial charge is 0.481 e. The third-order valence-electron chi connectivity index (χ3n) is 3.38. The number of fused-ring (bicyclic) bond motifs is 1. The van der Waals surface area contributed by atoms with E-state index in [0.717, 1.165) is 30.2 Å². The van der Waals surface area contributed by atoms with E-state index in [9.17, 15) is 4.79 Å². The average molecular weight is 260 g/mol. The zero-order chi connectivity index (χ0) is 13.2. The van der Waals surface area contributed by atoms with E-state index < -0.39 is 5.97 Å². The highest BCUT2D eigenvalue weighted by molar-refractivity contribution is 5.67. The maximum Gasteiger partial charge on any atom is 0.303 e. The Morgan fingerprint density at radius 3 is 2.84 bits per heavy atom. The quantitative estimate of drug-likeness (QED) is 0.898. The lowest BCUT2D eigenvalue weighted by atomic mass is 10.2. The predicted molar refractivity (Wildman–Crippen MR) is 70.4 cm³/mol. The molecule has 0 amide bonds. The molecule has 0 aromatic carbocycles. The number of aliphatic carboxylic acids is 1. The molecule has 0 unspecified atom stereocenters. The van der Waals surface area contributed by atoms with Gasteiger partial charge in [0, 0.05) is 19.5 Å². The lowest BCUT2D eigenvalue weighted by molar-refractivity contribution is -0.136. The molecule has 100 valence electrons. The van der Waals surface area contributed by atoms with Gasteiger partial charge in [-0.3, -0.25) is 4.79 Å². The Kier molecular flexibility index (Phi) is 3.06. The Balaban J connectivity index is 1.84. The van der Waals surface area contributed by atoms with E-state index in [-0.39, 0.29) is 6.42 Å². The number of carbonyl (C=O) groups is 1. The number of nitrogens with zero attached hydrogens (tertiary/aromatic N) is 4. The summed E-state index contributed by atoms with van der Waals surface area (Å²) in [5.74, 6) is 0.162. The first kappa shape index (κ1) is 12.0. The standard InChI is InChI=1S/C13H16N4O2/c18-13(19)6-3-10-9-17-11(14-10)4-5-12(15-17)16-7-1-2-8-16/h4-5,9H,1-3,6-8H2,(H,18,19). The van der Waals surface area contributed by atoms with Crippen molar-refractivity contribution < 1.29 is 9.90 Å². The number of anilines is 1. The molecule has 1 aliphatic rings. The highest BCUT2D eigenvalue weighted by Gasteiger charge is 2.14. The fourth-order valence-corrected chi connectivity index (χ4v) is 2.39. The second kappa shape index (κ2) is 4.87. The van der Waals surface area contributed by atoms with Crippen molar-refractivity contribution in [3.8, 4) is 0 Å². The van der Waals surface area contributed by atoms with Gasteiger partial charge in [-0.15, -0.1) is 5.10 Å². The number of aryl methyl sites for hydroxylation is 1. The van der Waals surface area contributed by atoms with Crippen LogP contribution >= 0.6 is 0 Å². The van der Waals surface area contributed by atoms with Crippen molar-refractivity contribution in [2.45, 2.75) is 25.7 Å². The van der Waals surface area contributed by atoms with Crippen molar-refractivity contribution in [1.82, 2.24) is 14.6 Å². The van der Waals surface area contributed by atoms with Crippen LogP contribution in [0.4, 0.5) is 5.82 Å². The maximum atomic E-state index is 10.6. The Morgan fingerprint density at radius 1 is 1.32 bits per heavy atom. The number of imidazole rings is 1. The van der Waals surface area contributed by atoms with E-state index in [4.69, 9.17) is 5.11 Å². The highest BCUT2D eigenvalue weighted by Crippen LogP contribution is 2.18. The number of rotatable bonds is 4. The van der Waals surface area contributed by atoms with E-state index in [2.05, 4.69) is 15.0 Å². The normalized spacial score (nSPS) is 15.3. The molecule has 3 rings (SSSR count). The molecule has 6 heteroatoms. The van der Waals surface area contributed by atoms with Gasteiger partial charge in [-0.25, -0.2) is 9.50 Å². The fraction of sp³-hybridized carbons (Fsp3) is 0.462. The minimum Gasteiger partial charge on any atom is -0.481 e. The van der Waals surface area contributed by atoms with Crippen molar-refractivity contribution in [1.29, 1.82) is 0 Å². The van der Waals surface area contributed by atoms with Crippen LogP contribution in [0, 0.1) is 0 Å². The minimum atomic E-state index is -0.803. The van der Waals surface area contributed by atoms with Gasteiger partial charge in [-0.2, -0.15) is 0 Å². The van der Waals surface area contributed by atoms with E-state index in [0.29, 0.717) is 6.42 Å². The topological polar surface area (TPSA) is 70.7 Å². The number of aromatic nitrogens is 3. The first-order valence-corrected chi connectivity index (χ1v) is 6.54. The Labute approximate surface area is 110 Å². The zero-order valence-corrected chi connectivity index (χ0v) is 10.6. The smallest absolute Gasteiger partial charge is 0.303 e. The van der Waals surface area contributed by atoms with Crippen LogP contribution in [-0.2, 0) is 11.2 Å². The van der Waals surface area contributed by atoms with Crippen molar-refractivity contribution >= 4 is 17.4 Å². The maximum absolute atomic E-state index is 10.6. The van der Waals surface area contributed by atoms with Gasteiger partial charge in [0.05, 0.1) is 18.3 Å². The lowest BCUT2D eigenvalue weighted by Gasteiger charge is -2.15. The van der Waals surface area contributed by atoms with E-state index in [1.54, 1.807) is 4.52 Å². The lowest BCUT2D eigenvalue weighted by Crippen LogP contribution is -2.19. The monoisotopic (exact) mass is 260 g/mol. The number of carboxylic acid groups (broad SMARTS) is 1. The van der Waals surface area contributed by atoms with Crippen LogP contribution in [0.15, 0.2) is 18.3 Å². The first-order valence-electron chi connectivity index (χ1n) is 6.54. The summed E-state index contributed by atoms with van der Waals surface area (Å²) < 4.78 is 1.74. The second-order valence-corrected chi connectivity index (χ2v) is 4.81. The van der Waals surface area contributed by atoms with Gasteiger partial charge in [0.15, 0.2) is 5.65 Å². The molecule has 2 aromatic rings. The molecule has 0 aliphatic carbocycles. The van der Waals surface area contributed by atoms with Crippen LogP contribution in [0.25, 0.3) is 5.65 Å². The van der Waals surface area contributed by atoms with Crippen LogP contribution in [0.3, 0.4) is 0 Å². The Hall–Kier alpha value is -2.11. The summed E-state index contributed by atoms with van der Waals surface area (Å²) in [4.78, 5) is 17.2. The minimum absolute atomic E-state index is 0.100. The number of hydrogen-bond acceptors (Lipinski definition) is 4. The molecule has 6 nitrogen and oxygen atoms in total. The van der Waals surface area contributed by atoms with Crippen molar-refractivity contribution in [3.05, 3.63) is 24.0 Å². The van der Waals surface area contributed by atoms with Gasteiger partial charge < -0.3 is 10.0 Å². The van der Waals surface area contributed by atoms with Crippen LogP contribution in [-0.4, -0.2) is 38.8 Å². The van der Waals surface area contributed by atoms with Gasteiger partial charge in [-0.1, -0.05) is 0 Å². The SMILES string of the molecule is O=C(O)CCc1cn2nc(N3CCCC3)ccc2n1. The van der Waals surface area contributed by atoms with Crippen LogP contribution in [0.2, 0.25) is 0 Å². The molecule has 0 atom stereocenters. The van der Waals surface area contributed by atoms with E-state index >= 15 is 0 Å². The average Bonchev–Trinajstić information content (AvgIpc) is 3.04. The summed E-state index contributed by atoms with van der Waals surface area (Å²) >= 11 is 0. The third kappa shape index (κ3) is 2.52. The molecular formula is C13H16N4O2. The summed E-state index contributed by atoms with van der Waals surface area (Å²) in [6.07, 6.45) is 4.79. The van der Waals surface area contributed by atoms with Crippen molar-refractivity contribution in [2.24, 2.45) is 0 Å². The number of carboxylic acids is 1. The molecule has 2 aromatic heterocycles. The Morgan fingerprint density at radius 2 is 2.11 bits per heavy atom. The molecule has 0 radical (unpaired) electrons. The van der Waals surface area contributed by atoms with Crippen LogP contribution in [0.5, 0.6) is 0 Å². The predicted octanol–water partition coefficient (Wildman–Crippen LogP) is 1.35. The van der Waals surface area contributed by atoms with E-state index in [1.165, 1.54) is 12.8 Å². The van der Waals surface area contributed by atoms with Gasteiger partial charge in [0.2, 0.25) is 0 Å². The molecule has 1 fully saturated rings. The van der Waals surface area contributed by atoms with Crippen molar-refractivity contribution in [3.63, 3.8) is 0 Å². The summed E-state index contributed by atoms with van der Waals surface area (Å²) in [6.45, 7) is 2.11. The van der Waals surface area contributed by atoms with Gasteiger partial charge in [-0.05, 0) is 25.0 Å². The zero-order valence-electron chi connectivity index (χ0n) is 10.6. The summed E-state index contributed by atoms with van der Waals surface area (Å²) in [6, 6.07) is 3.92. The first-order chi connectivity index (χ1) is 9.22. The Bertz CT molecular complexity index is 602. The molecule has 0 saturated carbocycles. The van der Waals surface area contributed by atoms with Crippen molar-refractivity contribution in [2.75, 3.05) is 18.0 Å². The van der Waals surface area contributed by atoms with E-state index in [1.807, 2.05) is 18.3 Å². The molecular weight excluding hydrogens is 244 g/mol. The van der Waals surface area contributed by atoms with Gasteiger partial charge >= 0.3 is 5.97 Å². The summed E-state index contributed by atoms with van der Waals surface area (Å²) in [5, 5.41) is 13.2. The van der Waals surface area contributed by atoms with Crippen LogP contribution < -0.4 is 4.90 Å². The molecule has 1 saturated heterocycles. The van der Waals surface area contributed by atoms with Gasteiger partial charge in [0.1, 0.15) is 5.82 Å². The van der Waals surface area contributed by atoms with Gasteiger partial charge in [0.25, 0.3) is 0 Å². The van der Waals surface area contributed by atoms with Crippen LogP contribution in [0.1, 0.15) is 25.0 Å². The summed E-state index contributed by atoms with van der Waals surface area (Å²) in [5.41, 5.74) is 1.54. The fourth-order valence-electron chi connectivity index (χ4n) is 2.39. The highest BCUT2D eigenvalue weighted by atomic mass is 16.4. The third-order valence-corrected chi connectivity index (χ3v) is 3.38. The molecule has 0 bridgehead atoms. The second-order valence-electron chi connectivity index (χ2n) is 4.81. The number of hydrogen-bond donors (Lipinski definition) is 1.